The predicted octanol–water partition coefficient (Wildman–Crippen LogP) is 5.06. The summed E-state index contributed by atoms with van der Waals surface area (Å²) in [5.74, 6) is -0.0312. The number of hydrogen-bond acceptors (Lipinski definition) is 1. The standard InChI is InChI=1S/C23H21NO/c1-15-7-9-17(10-8-15)23(25)24-16(2)18-11-12-22-20(13-18)14-19-5-3-4-6-21(19)22/h3-13,16H,14H2,1-2H3,(H,24,25). The van der Waals surface area contributed by atoms with Gasteiger partial charge in [0.25, 0.3) is 5.91 Å². The molecule has 3 aromatic carbocycles. The summed E-state index contributed by atoms with van der Waals surface area (Å²) in [5.41, 5.74) is 8.37. The Labute approximate surface area is 148 Å². The largest absolute Gasteiger partial charge is 0.346 e. The van der Waals surface area contributed by atoms with Gasteiger partial charge in [-0.05, 0) is 60.2 Å². The second-order valence-corrected chi connectivity index (χ2v) is 6.81. The fourth-order valence-electron chi connectivity index (χ4n) is 3.50. The molecule has 0 spiro atoms. The molecular formula is C23H21NO. The highest BCUT2D eigenvalue weighted by Crippen LogP contribution is 2.37. The van der Waals surface area contributed by atoms with Crippen molar-refractivity contribution >= 4 is 5.91 Å². The number of rotatable bonds is 3. The molecule has 2 heteroatoms. The summed E-state index contributed by atoms with van der Waals surface area (Å²) in [7, 11) is 0. The minimum Gasteiger partial charge on any atom is -0.346 e. The summed E-state index contributed by atoms with van der Waals surface area (Å²) in [5, 5.41) is 3.11. The van der Waals surface area contributed by atoms with Crippen LogP contribution in [0.1, 0.15) is 45.6 Å². The Hall–Kier alpha value is -2.87. The molecule has 1 unspecified atom stereocenters. The van der Waals surface area contributed by atoms with E-state index in [0.717, 1.165) is 17.5 Å². The van der Waals surface area contributed by atoms with E-state index >= 15 is 0 Å². The van der Waals surface area contributed by atoms with Crippen LogP contribution in [0, 0.1) is 6.92 Å². The molecule has 124 valence electrons. The van der Waals surface area contributed by atoms with Crippen molar-refractivity contribution < 1.29 is 4.79 Å². The van der Waals surface area contributed by atoms with Crippen LogP contribution in [-0.4, -0.2) is 5.91 Å². The third-order valence-corrected chi connectivity index (χ3v) is 4.98. The quantitative estimate of drug-likeness (QED) is 0.560. The van der Waals surface area contributed by atoms with Crippen molar-refractivity contribution in [2.45, 2.75) is 26.3 Å². The van der Waals surface area contributed by atoms with Gasteiger partial charge in [-0.1, -0.05) is 60.2 Å². The van der Waals surface area contributed by atoms with Crippen molar-refractivity contribution in [3.05, 3.63) is 94.5 Å². The molecular weight excluding hydrogens is 306 g/mol. The molecule has 1 atom stereocenters. The molecule has 4 rings (SSSR count). The third-order valence-electron chi connectivity index (χ3n) is 4.98. The highest BCUT2D eigenvalue weighted by atomic mass is 16.1. The van der Waals surface area contributed by atoms with Gasteiger partial charge in [-0.15, -0.1) is 0 Å². The summed E-state index contributed by atoms with van der Waals surface area (Å²) in [4.78, 5) is 12.4. The van der Waals surface area contributed by atoms with E-state index in [1.54, 1.807) is 0 Å². The maximum Gasteiger partial charge on any atom is 0.251 e. The Morgan fingerprint density at radius 2 is 1.64 bits per heavy atom. The molecule has 0 aliphatic heterocycles. The van der Waals surface area contributed by atoms with E-state index in [2.05, 4.69) is 47.8 Å². The average molecular weight is 327 g/mol. The second-order valence-electron chi connectivity index (χ2n) is 6.81. The van der Waals surface area contributed by atoms with E-state index in [9.17, 15) is 4.79 Å². The number of hydrogen-bond donors (Lipinski definition) is 1. The van der Waals surface area contributed by atoms with Crippen molar-refractivity contribution in [2.24, 2.45) is 0 Å². The first-order chi connectivity index (χ1) is 12.1. The number of fused-ring (bicyclic) bond motifs is 3. The molecule has 1 N–H and O–H groups in total. The van der Waals surface area contributed by atoms with Crippen LogP contribution in [0.25, 0.3) is 11.1 Å². The fourth-order valence-corrected chi connectivity index (χ4v) is 3.50. The lowest BCUT2D eigenvalue weighted by Gasteiger charge is -2.16. The van der Waals surface area contributed by atoms with E-state index in [1.807, 2.05) is 38.1 Å². The van der Waals surface area contributed by atoms with Gasteiger partial charge in [0.15, 0.2) is 0 Å². The molecule has 0 saturated heterocycles. The molecule has 1 aliphatic carbocycles. The monoisotopic (exact) mass is 327 g/mol. The Bertz CT molecular complexity index is 941. The first-order valence-corrected chi connectivity index (χ1v) is 8.70. The van der Waals surface area contributed by atoms with Crippen molar-refractivity contribution in [3.63, 3.8) is 0 Å². The van der Waals surface area contributed by atoms with Crippen LogP contribution in [0.5, 0.6) is 0 Å². The number of amides is 1. The molecule has 0 heterocycles. The lowest BCUT2D eigenvalue weighted by Crippen LogP contribution is -2.26. The maximum absolute atomic E-state index is 12.4. The summed E-state index contributed by atoms with van der Waals surface area (Å²) in [6.07, 6.45) is 0.970. The minimum atomic E-state index is -0.0312. The summed E-state index contributed by atoms with van der Waals surface area (Å²) < 4.78 is 0. The van der Waals surface area contributed by atoms with E-state index < -0.39 is 0 Å². The van der Waals surface area contributed by atoms with Crippen LogP contribution >= 0.6 is 0 Å². The molecule has 25 heavy (non-hydrogen) atoms. The molecule has 1 aliphatic rings. The smallest absolute Gasteiger partial charge is 0.251 e. The van der Waals surface area contributed by atoms with E-state index in [1.165, 1.54) is 22.3 Å². The third kappa shape index (κ3) is 2.96. The van der Waals surface area contributed by atoms with Crippen LogP contribution < -0.4 is 5.32 Å². The van der Waals surface area contributed by atoms with Crippen molar-refractivity contribution in [3.8, 4) is 11.1 Å². The number of carbonyl (C=O) groups is 1. The Kier molecular flexibility index (Phi) is 3.89. The zero-order valence-electron chi connectivity index (χ0n) is 14.5. The Balaban J connectivity index is 1.54. The van der Waals surface area contributed by atoms with Crippen LogP contribution in [0.15, 0.2) is 66.7 Å². The molecule has 0 aromatic heterocycles. The minimum absolute atomic E-state index is 0.0252. The number of nitrogens with one attached hydrogen (secondary N) is 1. The molecule has 0 fully saturated rings. The lowest BCUT2D eigenvalue weighted by atomic mass is 10.00. The molecule has 0 radical (unpaired) electrons. The fraction of sp³-hybridized carbons (Fsp3) is 0.174. The first kappa shape index (κ1) is 15.6. The zero-order valence-corrected chi connectivity index (χ0v) is 14.5. The Morgan fingerprint density at radius 1 is 0.920 bits per heavy atom. The van der Waals surface area contributed by atoms with Gasteiger partial charge < -0.3 is 5.32 Å². The van der Waals surface area contributed by atoms with E-state index in [0.29, 0.717) is 5.56 Å². The maximum atomic E-state index is 12.4. The van der Waals surface area contributed by atoms with Gasteiger partial charge in [-0.25, -0.2) is 0 Å². The first-order valence-electron chi connectivity index (χ1n) is 8.70. The summed E-state index contributed by atoms with van der Waals surface area (Å²) in [6.45, 7) is 4.06. The normalized spacial score (nSPS) is 13.0. The molecule has 0 bridgehead atoms. The Morgan fingerprint density at radius 3 is 2.44 bits per heavy atom. The van der Waals surface area contributed by atoms with Crippen LogP contribution in [0.4, 0.5) is 0 Å². The van der Waals surface area contributed by atoms with E-state index in [-0.39, 0.29) is 11.9 Å². The molecule has 2 nitrogen and oxygen atoms in total. The second kappa shape index (κ2) is 6.21. The lowest BCUT2D eigenvalue weighted by molar-refractivity contribution is 0.0940. The van der Waals surface area contributed by atoms with Crippen molar-refractivity contribution in [1.82, 2.24) is 5.32 Å². The molecule has 0 saturated carbocycles. The van der Waals surface area contributed by atoms with Crippen LogP contribution in [0.3, 0.4) is 0 Å². The highest BCUT2D eigenvalue weighted by Gasteiger charge is 2.19. The van der Waals surface area contributed by atoms with E-state index in [4.69, 9.17) is 0 Å². The van der Waals surface area contributed by atoms with Gasteiger partial charge in [0.1, 0.15) is 0 Å². The van der Waals surface area contributed by atoms with Gasteiger partial charge in [0, 0.05) is 5.56 Å². The number of benzene rings is 3. The van der Waals surface area contributed by atoms with Gasteiger partial charge >= 0.3 is 0 Å². The van der Waals surface area contributed by atoms with Crippen molar-refractivity contribution in [1.29, 1.82) is 0 Å². The summed E-state index contributed by atoms with van der Waals surface area (Å²) >= 11 is 0. The van der Waals surface area contributed by atoms with Crippen LogP contribution in [0.2, 0.25) is 0 Å². The highest BCUT2D eigenvalue weighted by molar-refractivity contribution is 5.94. The summed E-state index contributed by atoms with van der Waals surface area (Å²) in [6, 6.07) is 22.7. The predicted molar refractivity (Wildman–Crippen MR) is 102 cm³/mol. The topological polar surface area (TPSA) is 29.1 Å². The van der Waals surface area contributed by atoms with Gasteiger partial charge in [0.05, 0.1) is 6.04 Å². The van der Waals surface area contributed by atoms with Gasteiger partial charge in [0.2, 0.25) is 0 Å². The zero-order chi connectivity index (χ0) is 17.4. The SMILES string of the molecule is Cc1ccc(C(=O)NC(C)c2ccc3c(c2)Cc2ccccc2-3)cc1. The van der Waals surface area contributed by atoms with Gasteiger partial charge in [-0.3, -0.25) is 4.79 Å². The van der Waals surface area contributed by atoms with Gasteiger partial charge in [-0.2, -0.15) is 0 Å². The number of carbonyl (C=O) groups excluding carboxylic acids is 1. The van der Waals surface area contributed by atoms with Crippen molar-refractivity contribution in [2.75, 3.05) is 0 Å². The number of aryl methyl sites for hydroxylation is 1. The molecule has 3 aromatic rings. The van der Waals surface area contributed by atoms with Crippen LogP contribution in [-0.2, 0) is 6.42 Å². The molecule has 1 amide bonds. The average Bonchev–Trinajstić information content (AvgIpc) is 3.00.